The second kappa shape index (κ2) is 6.22. The number of thiophene rings is 1. The van der Waals surface area contributed by atoms with Crippen molar-refractivity contribution in [3.63, 3.8) is 0 Å². The van der Waals surface area contributed by atoms with Gasteiger partial charge in [0.05, 0.1) is 6.26 Å². The number of halogens is 1. The van der Waals surface area contributed by atoms with E-state index in [2.05, 4.69) is 39.6 Å². The topological polar surface area (TPSA) is 49.4 Å². The lowest BCUT2D eigenvalue weighted by molar-refractivity contribution is 0.279. The molecule has 1 aromatic heterocycles. The zero-order chi connectivity index (χ0) is 14.0. The van der Waals surface area contributed by atoms with Crippen LogP contribution in [0.25, 0.3) is 0 Å². The van der Waals surface area contributed by atoms with E-state index in [1.807, 2.05) is 0 Å². The van der Waals surface area contributed by atoms with E-state index >= 15 is 0 Å². The Morgan fingerprint density at radius 3 is 2.58 bits per heavy atom. The van der Waals surface area contributed by atoms with E-state index in [1.54, 1.807) is 15.6 Å². The third kappa shape index (κ3) is 4.01. The standard InChI is InChI=1S/C12H19BrN2O2S2/c1-9(12-11(13)5-8-18-12)14-10-3-6-15(7-4-10)19(2,16)17/h5,8-10,14H,3-4,6-7H2,1-2H3. The second-order valence-electron chi connectivity index (χ2n) is 4.96. The highest BCUT2D eigenvalue weighted by atomic mass is 79.9. The minimum absolute atomic E-state index is 0.296. The highest BCUT2D eigenvalue weighted by molar-refractivity contribution is 9.10. The van der Waals surface area contributed by atoms with E-state index in [4.69, 9.17) is 0 Å². The van der Waals surface area contributed by atoms with Crippen LogP contribution in [-0.2, 0) is 10.0 Å². The van der Waals surface area contributed by atoms with Crippen molar-refractivity contribution in [3.05, 3.63) is 20.8 Å². The van der Waals surface area contributed by atoms with Gasteiger partial charge in [0.2, 0.25) is 10.0 Å². The van der Waals surface area contributed by atoms with E-state index < -0.39 is 10.0 Å². The zero-order valence-corrected chi connectivity index (χ0v) is 14.3. The van der Waals surface area contributed by atoms with Gasteiger partial charge in [0.1, 0.15) is 0 Å². The molecule has 1 saturated heterocycles. The van der Waals surface area contributed by atoms with E-state index in [1.165, 1.54) is 11.1 Å². The molecule has 2 heterocycles. The number of piperidine rings is 1. The average molecular weight is 367 g/mol. The van der Waals surface area contributed by atoms with Gasteiger partial charge >= 0.3 is 0 Å². The fourth-order valence-electron chi connectivity index (χ4n) is 2.40. The first-order chi connectivity index (χ1) is 8.88. The third-order valence-corrected chi connectivity index (χ3v) is 6.80. The SMILES string of the molecule is CC(NC1CCN(S(C)(=O)=O)CC1)c1sccc1Br. The minimum Gasteiger partial charge on any atom is -0.307 e. The maximum atomic E-state index is 11.4. The maximum Gasteiger partial charge on any atom is 0.211 e. The Kier molecular flexibility index (Phi) is 5.05. The number of nitrogens with one attached hydrogen (secondary N) is 1. The summed E-state index contributed by atoms with van der Waals surface area (Å²) in [5.74, 6) is 0. The Labute approximate surface area is 127 Å². The van der Waals surface area contributed by atoms with Gasteiger partial charge in [0.25, 0.3) is 0 Å². The molecule has 0 bridgehead atoms. The maximum absolute atomic E-state index is 11.4. The van der Waals surface area contributed by atoms with Gasteiger partial charge in [-0.15, -0.1) is 11.3 Å². The van der Waals surface area contributed by atoms with Crippen LogP contribution < -0.4 is 5.32 Å². The van der Waals surface area contributed by atoms with Crippen molar-refractivity contribution < 1.29 is 8.42 Å². The average Bonchev–Trinajstić information content (AvgIpc) is 2.75. The van der Waals surface area contributed by atoms with Crippen molar-refractivity contribution >= 4 is 37.3 Å². The fourth-order valence-corrected chi connectivity index (χ4v) is 5.01. The number of rotatable bonds is 4. The Balaban J connectivity index is 1.88. The summed E-state index contributed by atoms with van der Waals surface area (Å²) in [5.41, 5.74) is 0. The Hall–Kier alpha value is 0.0500. The number of hydrogen-bond donors (Lipinski definition) is 1. The van der Waals surface area contributed by atoms with Crippen LogP contribution in [-0.4, -0.2) is 38.1 Å². The Morgan fingerprint density at radius 2 is 2.11 bits per heavy atom. The van der Waals surface area contributed by atoms with Crippen molar-refractivity contribution in [2.24, 2.45) is 0 Å². The molecule has 0 saturated carbocycles. The molecule has 19 heavy (non-hydrogen) atoms. The first-order valence-corrected chi connectivity index (χ1v) is 9.84. The molecule has 0 spiro atoms. The molecule has 1 aliphatic heterocycles. The highest BCUT2D eigenvalue weighted by Crippen LogP contribution is 2.29. The van der Waals surface area contributed by atoms with Crippen LogP contribution in [0.3, 0.4) is 0 Å². The molecule has 0 amide bonds. The molecule has 1 aromatic rings. The second-order valence-corrected chi connectivity index (χ2v) is 8.74. The minimum atomic E-state index is -3.03. The summed E-state index contributed by atoms with van der Waals surface area (Å²) in [4.78, 5) is 1.30. The lowest BCUT2D eigenvalue weighted by Crippen LogP contribution is -2.45. The Bertz CT molecular complexity index is 522. The summed E-state index contributed by atoms with van der Waals surface area (Å²) in [6, 6.07) is 2.75. The lowest BCUT2D eigenvalue weighted by atomic mass is 10.1. The van der Waals surface area contributed by atoms with Gasteiger partial charge in [0, 0.05) is 34.5 Å². The molecule has 108 valence electrons. The molecular weight excluding hydrogens is 348 g/mol. The summed E-state index contributed by atoms with van der Waals surface area (Å²) in [6.07, 6.45) is 3.03. The molecule has 0 aliphatic carbocycles. The fraction of sp³-hybridized carbons (Fsp3) is 0.667. The molecule has 4 nitrogen and oxygen atoms in total. The van der Waals surface area contributed by atoms with E-state index in [0.29, 0.717) is 25.2 Å². The summed E-state index contributed by atoms with van der Waals surface area (Å²) in [6.45, 7) is 3.39. The van der Waals surface area contributed by atoms with Crippen molar-refractivity contribution in [1.29, 1.82) is 0 Å². The van der Waals surface area contributed by atoms with Crippen LogP contribution in [0.4, 0.5) is 0 Å². The highest BCUT2D eigenvalue weighted by Gasteiger charge is 2.26. The molecule has 1 fully saturated rings. The molecule has 7 heteroatoms. The lowest BCUT2D eigenvalue weighted by Gasteiger charge is -2.32. The monoisotopic (exact) mass is 366 g/mol. The van der Waals surface area contributed by atoms with E-state index in [-0.39, 0.29) is 0 Å². The largest absolute Gasteiger partial charge is 0.307 e. The first kappa shape index (κ1) is 15.4. The van der Waals surface area contributed by atoms with E-state index in [0.717, 1.165) is 17.3 Å². The normalized spacial score (nSPS) is 20.6. The van der Waals surface area contributed by atoms with Crippen molar-refractivity contribution in [2.75, 3.05) is 19.3 Å². The van der Waals surface area contributed by atoms with Gasteiger partial charge in [-0.3, -0.25) is 0 Å². The number of sulfonamides is 1. The molecule has 1 aliphatic rings. The molecule has 1 N–H and O–H groups in total. The molecule has 0 aromatic carbocycles. The van der Waals surface area contributed by atoms with Gasteiger partial charge in [0.15, 0.2) is 0 Å². The van der Waals surface area contributed by atoms with Crippen LogP contribution in [0.15, 0.2) is 15.9 Å². The summed E-state index contributed by atoms with van der Waals surface area (Å²) < 4.78 is 25.6. The number of nitrogens with zero attached hydrogens (tertiary/aromatic N) is 1. The predicted octanol–water partition coefficient (Wildman–Crippen LogP) is 2.59. The predicted molar refractivity (Wildman–Crippen MR) is 83.0 cm³/mol. The van der Waals surface area contributed by atoms with Crippen LogP contribution in [0, 0.1) is 0 Å². The van der Waals surface area contributed by atoms with Crippen LogP contribution >= 0.6 is 27.3 Å². The summed E-state index contributed by atoms with van der Waals surface area (Å²) >= 11 is 5.29. The van der Waals surface area contributed by atoms with E-state index in [9.17, 15) is 8.42 Å². The van der Waals surface area contributed by atoms with Gasteiger partial charge in [-0.25, -0.2) is 12.7 Å². The molecule has 2 rings (SSSR count). The van der Waals surface area contributed by atoms with Crippen LogP contribution in [0.1, 0.15) is 30.7 Å². The van der Waals surface area contributed by atoms with Gasteiger partial charge < -0.3 is 5.32 Å². The smallest absolute Gasteiger partial charge is 0.211 e. The van der Waals surface area contributed by atoms with Crippen LogP contribution in [0.2, 0.25) is 0 Å². The van der Waals surface area contributed by atoms with Crippen molar-refractivity contribution in [3.8, 4) is 0 Å². The van der Waals surface area contributed by atoms with Gasteiger partial charge in [-0.05, 0) is 47.1 Å². The first-order valence-electron chi connectivity index (χ1n) is 6.32. The third-order valence-electron chi connectivity index (χ3n) is 3.45. The molecule has 1 unspecified atom stereocenters. The Morgan fingerprint density at radius 1 is 1.47 bits per heavy atom. The summed E-state index contributed by atoms with van der Waals surface area (Å²) in [5, 5.41) is 5.67. The summed E-state index contributed by atoms with van der Waals surface area (Å²) in [7, 11) is -3.03. The molecule has 1 atom stereocenters. The van der Waals surface area contributed by atoms with Crippen LogP contribution in [0.5, 0.6) is 0 Å². The zero-order valence-electron chi connectivity index (χ0n) is 11.1. The molecule has 0 radical (unpaired) electrons. The van der Waals surface area contributed by atoms with Crippen molar-refractivity contribution in [1.82, 2.24) is 9.62 Å². The van der Waals surface area contributed by atoms with Crippen molar-refractivity contribution in [2.45, 2.75) is 31.8 Å². The van der Waals surface area contributed by atoms with Gasteiger partial charge in [-0.2, -0.15) is 0 Å². The number of hydrogen-bond acceptors (Lipinski definition) is 4. The molecular formula is C12H19BrN2O2S2. The van der Waals surface area contributed by atoms with Gasteiger partial charge in [-0.1, -0.05) is 0 Å². The quantitative estimate of drug-likeness (QED) is 0.890.